The van der Waals surface area contributed by atoms with Crippen LogP contribution in [0.3, 0.4) is 0 Å². The maximum Gasteiger partial charge on any atom is 0.312 e. The SMILES string of the molecule is O=C(NC[C@H]1COc2ccccc2O1)C(=O)N(Cc1ccccc1)Cc1ccccc1. The Hall–Kier alpha value is -3.80. The van der Waals surface area contributed by atoms with Crippen LogP contribution in [0.2, 0.25) is 0 Å². The van der Waals surface area contributed by atoms with Gasteiger partial charge in [-0.2, -0.15) is 0 Å². The van der Waals surface area contributed by atoms with Gasteiger partial charge in [0, 0.05) is 13.1 Å². The highest BCUT2D eigenvalue weighted by atomic mass is 16.6. The molecule has 3 aromatic carbocycles. The molecule has 0 bridgehead atoms. The molecule has 1 N–H and O–H groups in total. The van der Waals surface area contributed by atoms with Crippen molar-refractivity contribution in [2.75, 3.05) is 13.2 Å². The molecule has 1 aliphatic heterocycles. The molecule has 3 aromatic rings. The van der Waals surface area contributed by atoms with Crippen molar-refractivity contribution >= 4 is 11.8 Å². The molecule has 1 heterocycles. The lowest BCUT2D eigenvalue weighted by Gasteiger charge is -2.27. The van der Waals surface area contributed by atoms with Crippen molar-refractivity contribution in [3.8, 4) is 11.5 Å². The lowest BCUT2D eigenvalue weighted by atomic mass is 10.1. The highest BCUT2D eigenvalue weighted by molar-refractivity contribution is 6.34. The van der Waals surface area contributed by atoms with Crippen LogP contribution >= 0.6 is 0 Å². The first-order valence-corrected chi connectivity index (χ1v) is 10.2. The van der Waals surface area contributed by atoms with E-state index in [1.165, 1.54) is 0 Å². The second-order valence-electron chi connectivity index (χ2n) is 7.34. The highest BCUT2D eigenvalue weighted by Crippen LogP contribution is 2.30. The number of carbonyl (C=O) groups excluding carboxylic acids is 2. The predicted molar refractivity (Wildman–Crippen MR) is 117 cm³/mol. The molecule has 31 heavy (non-hydrogen) atoms. The Bertz CT molecular complexity index is 982. The first-order valence-electron chi connectivity index (χ1n) is 10.2. The van der Waals surface area contributed by atoms with E-state index in [9.17, 15) is 9.59 Å². The Morgan fingerprint density at radius 2 is 1.35 bits per heavy atom. The summed E-state index contributed by atoms with van der Waals surface area (Å²) in [6.45, 7) is 1.18. The molecule has 6 nitrogen and oxygen atoms in total. The van der Waals surface area contributed by atoms with E-state index >= 15 is 0 Å². The fourth-order valence-electron chi connectivity index (χ4n) is 3.40. The van der Waals surface area contributed by atoms with E-state index in [-0.39, 0.29) is 12.6 Å². The Labute approximate surface area is 181 Å². The summed E-state index contributed by atoms with van der Waals surface area (Å²) >= 11 is 0. The van der Waals surface area contributed by atoms with Gasteiger partial charge in [-0.3, -0.25) is 9.59 Å². The normalized spacial score (nSPS) is 14.5. The van der Waals surface area contributed by atoms with Gasteiger partial charge in [0.15, 0.2) is 11.5 Å². The van der Waals surface area contributed by atoms with Gasteiger partial charge in [-0.15, -0.1) is 0 Å². The third-order valence-corrected chi connectivity index (χ3v) is 4.97. The van der Waals surface area contributed by atoms with Crippen molar-refractivity contribution in [2.24, 2.45) is 0 Å². The summed E-state index contributed by atoms with van der Waals surface area (Å²) < 4.78 is 11.5. The smallest absolute Gasteiger partial charge is 0.312 e. The number of hydrogen-bond donors (Lipinski definition) is 1. The number of fused-ring (bicyclic) bond motifs is 1. The molecule has 4 rings (SSSR count). The van der Waals surface area contributed by atoms with Crippen LogP contribution in [0.4, 0.5) is 0 Å². The van der Waals surface area contributed by atoms with E-state index in [1.54, 1.807) is 4.90 Å². The summed E-state index contributed by atoms with van der Waals surface area (Å²) in [5.41, 5.74) is 1.92. The van der Waals surface area contributed by atoms with Gasteiger partial charge >= 0.3 is 11.8 Å². The number of benzene rings is 3. The maximum atomic E-state index is 13.0. The predicted octanol–water partition coefficient (Wildman–Crippen LogP) is 3.17. The van der Waals surface area contributed by atoms with E-state index in [1.807, 2.05) is 84.9 Å². The van der Waals surface area contributed by atoms with Gasteiger partial charge in [-0.05, 0) is 23.3 Å². The summed E-state index contributed by atoms with van der Waals surface area (Å²) in [7, 11) is 0. The second kappa shape index (κ2) is 9.80. The molecule has 0 unspecified atom stereocenters. The quantitative estimate of drug-likeness (QED) is 0.627. The van der Waals surface area contributed by atoms with Crippen LogP contribution in [0.25, 0.3) is 0 Å². The summed E-state index contributed by atoms with van der Waals surface area (Å²) in [5, 5.41) is 2.70. The zero-order valence-electron chi connectivity index (χ0n) is 17.1. The first kappa shape index (κ1) is 20.5. The zero-order valence-corrected chi connectivity index (χ0v) is 17.1. The third-order valence-electron chi connectivity index (χ3n) is 4.97. The van der Waals surface area contributed by atoms with Crippen molar-refractivity contribution in [2.45, 2.75) is 19.2 Å². The van der Waals surface area contributed by atoms with Gasteiger partial charge in [0.1, 0.15) is 12.7 Å². The number of hydrogen-bond acceptors (Lipinski definition) is 4. The minimum absolute atomic E-state index is 0.184. The van der Waals surface area contributed by atoms with Gasteiger partial charge in [-0.1, -0.05) is 72.8 Å². The molecule has 2 amide bonds. The van der Waals surface area contributed by atoms with Crippen LogP contribution in [0.15, 0.2) is 84.9 Å². The fraction of sp³-hybridized carbons (Fsp3) is 0.200. The number of ether oxygens (including phenoxy) is 2. The Balaban J connectivity index is 1.39. The van der Waals surface area contributed by atoms with E-state index in [0.717, 1.165) is 11.1 Å². The van der Waals surface area contributed by atoms with Gasteiger partial charge in [-0.25, -0.2) is 0 Å². The average molecular weight is 416 g/mol. The van der Waals surface area contributed by atoms with E-state index < -0.39 is 11.8 Å². The summed E-state index contributed by atoms with van der Waals surface area (Å²) in [6, 6.07) is 26.6. The molecule has 0 fully saturated rings. The molecule has 1 aliphatic rings. The molecule has 158 valence electrons. The second-order valence-corrected chi connectivity index (χ2v) is 7.34. The van der Waals surface area contributed by atoms with Crippen LogP contribution in [-0.4, -0.2) is 36.0 Å². The Morgan fingerprint density at radius 3 is 1.97 bits per heavy atom. The monoisotopic (exact) mass is 416 g/mol. The first-order chi connectivity index (χ1) is 15.2. The molecule has 0 aromatic heterocycles. The van der Waals surface area contributed by atoms with Crippen molar-refractivity contribution in [3.05, 3.63) is 96.1 Å². The lowest BCUT2D eigenvalue weighted by Crippen LogP contribution is -2.47. The van der Waals surface area contributed by atoms with Crippen molar-refractivity contribution in [1.82, 2.24) is 10.2 Å². The third kappa shape index (κ3) is 5.42. The molecule has 1 atom stereocenters. The van der Waals surface area contributed by atoms with Crippen molar-refractivity contribution < 1.29 is 19.1 Å². The fourth-order valence-corrected chi connectivity index (χ4v) is 3.40. The van der Waals surface area contributed by atoms with Gasteiger partial charge < -0.3 is 19.7 Å². The molecular formula is C25H24N2O4. The zero-order chi connectivity index (χ0) is 21.5. The van der Waals surface area contributed by atoms with Crippen LogP contribution in [0, 0.1) is 0 Å². The number of para-hydroxylation sites is 2. The van der Waals surface area contributed by atoms with Crippen LogP contribution in [0.5, 0.6) is 11.5 Å². The van der Waals surface area contributed by atoms with E-state index in [4.69, 9.17) is 9.47 Å². The molecule has 0 spiro atoms. The molecular weight excluding hydrogens is 392 g/mol. The van der Waals surface area contributed by atoms with E-state index in [2.05, 4.69) is 5.32 Å². The Kier molecular flexibility index (Phi) is 6.47. The Morgan fingerprint density at radius 1 is 0.806 bits per heavy atom. The minimum atomic E-state index is -0.658. The van der Waals surface area contributed by atoms with Crippen molar-refractivity contribution in [3.63, 3.8) is 0 Å². The standard InChI is InChI=1S/C25H24N2O4/c28-24(26-15-21-18-30-22-13-7-8-14-23(22)31-21)25(29)27(16-19-9-3-1-4-10-19)17-20-11-5-2-6-12-20/h1-14,21H,15-18H2,(H,26,28)/t21-/m0/s1. The van der Waals surface area contributed by atoms with Gasteiger partial charge in [0.05, 0.1) is 6.54 Å². The van der Waals surface area contributed by atoms with Gasteiger partial charge in [0.25, 0.3) is 0 Å². The number of nitrogens with one attached hydrogen (secondary N) is 1. The number of amides is 2. The van der Waals surface area contributed by atoms with E-state index in [0.29, 0.717) is 31.2 Å². The number of nitrogens with zero attached hydrogens (tertiary/aromatic N) is 1. The molecule has 0 radical (unpaired) electrons. The van der Waals surface area contributed by atoms with Crippen LogP contribution < -0.4 is 14.8 Å². The summed E-state index contributed by atoms with van der Waals surface area (Å²) in [5.74, 6) is 0.0753. The minimum Gasteiger partial charge on any atom is -0.486 e. The number of rotatable bonds is 6. The largest absolute Gasteiger partial charge is 0.486 e. The number of carbonyl (C=O) groups is 2. The van der Waals surface area contributed by atoms with Crippen molar-refractivity contribution in [1.29, 1.82) is 0 Å². The molecule has 0 saturated heterocycles. The van der Waals surface area contributed by atoms with Crippen LogP contribution in [-0.2, 0) is 22.7 Å². The molecule has 6 heteroatoms. The topological polar surface area (TPSA) is 67.9 Å². The average Bonchev–Trinajstić information content (AvgIpc) is 2.83. The highest BCUT2D eigenvalue weighted by Gasteiger charge is 2.25. The molecule has 0 saturated carbocycles. The molecule has 0 aliphatic carbocycles. The van der Waals surface area contributed by atoms with Crippen LogP contribution in [0.1, 0.15) is 11.1 Å². The summed E-state index contributed by atoms with van der Waals surface area (Å²) in [4.78, 5) is 27.2. The maximum absolute atomic E-state index is 13.0. The summed E-state index contributed by atoms with van der Waals surface area (Å²) in [6.07, 6.45) is -0.358. The van der Waals surface area contributed by atoms with Gasteiger partial charge in [0.2, 0.25) is 0 Å². The lowest BCUT2D eigenvalue weighted by molar-refractivity contribution is -0.146.